The van der Waals surface area contributed by atoms with Gasteiger partial charge in [0.1, 0.15) is 0 Å². The van der Waals surface area contributed by atoms with Gasteiger partial charge >= 0.3 is 0 Å². The number of rotatable bonds is 4. The summed E-state index contributed by atoms with van der Waals surface area (Å²) in [6.45, 7) is 0. The average Bonchev–Trinajstić information content (AvgIpc) is 3.27. The zero-order valence-electron chi connectivity index (χ0n) is 20.1. The molecule has 0 saturated heterocycles. The Balaban J connectivity index is 1.51. The summed E-state index contributed by atoms with van der Waals surface area (Å²) >= 11 is 3.69. The van der Waals surface area contributed by atoms with Crippen LogP contribution < -0.4 is 4.90 Å². The maximum absolute atomic E-state index is 3.69. The van der Waals surface area contributed by atoms with E-state index in [9.17, 15) is 0 Å². The zero-order chi connectivity index (χ0) is 24.8. The van der Waals surface area contributed by atoms with Gasteiger partial charge in [-0.1, -0.05) is 94.8 Å². The maximum atomic E-state index is 3.69. The van der Waals surface area contributed by atoms with Crippen molar-refractivity contribution in [3.63, 3.8) is 0 Å². The molecule has 7 aromatic rings. The quantitative estimate of drug-likeness (QED) is 0.216. The molecule has 1 aromatic heterocycles. The number of halogens is 1. The van der Waals surface area contributed by atoms with Gasteiger partial charge in [0.25, 0.3) is 0 Å². The lowest BCUT2D eigenvalue weighted by Gasteiger charge is -2.26. The summed E-state index contributed by atoms with van der Waals surface area (Å²) in [4.78, 5) is 2.34. The lowest BCUT2D eigenvalue weighted by molar-refractivity contribution is 1.18. The standard InChI is InChI=1S/C34H23BrN2/c35-26-16-19-31-32-20-18-30(23-34(32)37(33(31)22-26)28-13-5-2-6-14-28)36(27-11-3-1-4-12-27)29-17-15-24-9-7-8-10-25(24)21-29/h1-23H. The number of hydrogen-bond acceptors (Lipinski definition) is 1. The minimum Gasteiger partial charge on any atom is -0.310 e. The molecule has 0 aliphatic rings. The fourth-order valence-corrected chi connectivity index (χ4v) is 5.66. The first-order chi connectivity index (χ1) is 18.3. The molecular formula is C34H23BrN2. The number of benzene rings is 6. The predicted octanol–water partition coefficient (Wildman–Crippen LogP) is 10.2. The number of para-hydroxylation sites is 2. The second-order valence-electron chi connectivity index (χ2n) is 9.24. The molecule has 37 heavy (non-hydrogen) atoms. The number of hydrogen-bond donors (Lipinski definition) is 0. The Morgan fingerprint density at radius 1 is 0.459 bits per heavy atom. The average molecular weight is 539 g/mol. The Morgan fingerprint density at radius 2 is 1.05 bits per heavy atom. The van der Waals surface area contributed by atoms with Crippen LogP contribution in [0, 0.1) is 0 Å². The maximum Gasteiger partial charge on any atom is 0.0561 e. The molecule has 0 atom stereocenters. The Hall–Kier alpha value is -4.34. The molecule has 0 unspecified atom stereocenters. The van der Waals surface area contributed by atoms with Crippen molar-refractivity contribution < 1.29 is 0 Å². The first kappa shape index (κ1) is 21.9. The van der Waals surface area contributed by atoms with Gasteiger partial charge < -0.3 is 9.47 Å². The summed E-state index contributed by atoms with van der Waals surface area (Å²) in [7, 11) is 0. The van der Waals surface area contributed by atoms with E-state index in [1.807, 2.05) is 0 Å². The molecule has 0 N–H and O–H groups in total. The van der Waals surface area contributed by atoms with E-state index >= 15 is 0 Å². The van der Waals surface area contributed by atoms with Crippen LogP contribution in [-0.2, 0) is 0 Å². The summed E-state index contributed by atoms with van der Waals surface area (Å²) in [5, 5.41) is 4.95. The highest BCUT2D eigenvalue weighted by Gasteiger charge is 2.17. The topological polar surface area (TPSA) is 8.17 Å². The third-order valence-electron chi connectivity index (χ3n) is 6.99. The highest BCUT2D eigenvalue weighted by Crippen LogP contribution is 2.40. The van der Waals surface area contributed by atoms with E-state index in [2.05, 4.69) is 165 Å². The van der Waals surface area contributed by atoms with Crippen molar-refractivity contribution in [1.29, 1.82) is 0 Å². The summed E-state index contributed by atoms with van der Waals surface area (Å²) in [5.74, 6) is 0. The highest BCUT2D eigenvalue weighted by molar-refractivity contribution is 9.10. The number of fused-ring (bicyclic) bond motifs is 4. The Morgan fingerprint density at radius 3 is 1.84 bits per heavy atom. The lowest BCUT2D eigenvalue weighted by atomic mass is 10.1. The van der Waals surface area contributed by atoms with Gasteiger partial charge in [0.05, 0.1) is 11.0 Å². The van der Waals surface area contributed by atoms with Crippen LogP contribution in [-0.4, -0.2) is 4.57 Å². The van der Waals surface area contributed by atoms with Crippen molar-refractivity contribution in [2.24, 2.45) is 0 Å². The highest BCUT2D eigenvalue weighted by atomic mass is 79.9. The van der Waals surface area contributed by atoms with Gasteiger partial charge in [-0.05, 0) is 71.4 Å². The second-order valence-corrected chi connectivity index (χ2v) is 10.2. The van der Waals surface area contributed by atoms with Crippen LogP contribution in [0.25, 0.3) is 38.3 Å². The Bertz CT molecular complexity index is 1890. The number of aromatic nitrogens is 1. The number of nitrogens with zero attached hydrogens (tertiary/aromatic N) is 2. The van der Waals surface area contributed by atoms with Gasteiger partial charge in [0.15, 0.2) is 0 Å². The molecule has 1 heterocycles. The van der Waals surface area contributed by atoms with Gasteiger partial charge in [-0.15, -0.1) is 0 Å². The molecule has 3 heteroatoms. The molecule has 2 nitrogen and oxygen atoms in total. The largest absolute Gasteiger partial charge is 0.310 e. The molecule has 0 aliphatic carbocycles. The minimum absolute atomic E-state index is 1.07. The Kier molecular flexibility index (Phi) is 5.30. The molecule has 0 aliphatic heterocycles. The molecule has 176 valence electrons. The van der Waals surface area contributed by atoms with E-state index in [0.29, 0.717) is 0 Å². The van der Waals surface area contributed by atoms with E-state index in [1.54, 1.807) is 0 Å². The van der Waals surface area contributed by atoms with E-state index in [1.165, 1.54) is 32.6 Å². The fraction of sp³-hybridized carbons (Fsp3) is 0. The van der Waals surface area contributed by atoms with Crippen LogP contribution in [0.2, 0.25) is 0 Å². The van der Waals surface area contributed by atoms with E-state index < -0.39 is 0 Å². The third kappa shape index (κ3) is 3.80. The molecule has 0 spiro atoms. The lowest BCUT2D eigenvalue weighted by Crippen LogP contribution is -2.10. The van der Waals surface area contributed by atoms with E-state index in [4.69, 9.17) is 0 Å². The normalized spacial score (nSPS) is 11.4. The van der Waals surface area contributed by atoms with Crippen molar-refractivity contribution in [2.75, 3.05) is 4.90 Å². The summed E-state index contributed by atoms with van der Waals surface area (Å²) in [6, 6.07) is 49.8. The minimum atomic E-state index is 1.07. The summed E-state index contributed by atoms with van der Waals surface area (Å²) in [6.07, 6.45) is 0. The van der Waals surface area contributed by atoms with Gasteiger partial charge in [-0.2, -0.15) is 0 Å². The summed E-state index contributed by atoms with van der Waals surface area (Å²) < 4.78 is 3.44. The van der Waals surface area contributed by atoms with Crippen molar-refractivity contribution >= 4 is 65.6 Å². The first-order valence-corrected chi connectivity index (χ1v) is 13.2. The van der Waals surface area contributed by atoms with Crippen LogP contribution >= 0.6 is 15.9 Å². The van der Waals surface area contributed by atoms with Gasteiger partial charge in [0, 0.05) is 38.0 Å². The van der Waals surface area contributed by atoms with Gasteiger partial charge in [0.2, 0.25) is 0 Å². The van der Waals surface area contributed by atoms with Gasteiger partial charge in [-0.3, -0.25) is 0 Å². The molecule has 0 saturated carbocycles. The molecule has 6 aromatic carbocycles. The fourth-order valence-electron chi connectivity index (χ4n) is 5.31. The van der Waals surface area contributed by atoms with Crippen molar-refractivity contribution in [3.8, 4) is 5.69 Å². The second kappa shape index (κ2) is 8.95. The summed E-state index contributed by atoms with van der Waals surface area (Å²) in [5.41, 5.74) is 6.89. The molecule has 0 amide bonds. The Labute approximate surface area is 224 Å². The van der Waals surface area contributed by atoms with Crippen LogP contribution in [0.4, 0.5) is 17.1 Å². The van der Waals surface area contributed by atoms with E-state index in [-0.39, 0.29) is 0 Å². The molecular weight excluding hydrogens is 516 g/mol. The van der Waals surface area contributed by atoms with Gasteiger partial charge in [-0.25, -0.2) is 0 Å². The smallest absolute Gasteiger partial charge is 0.0561 e. The van der Waals surface area contributed by atoms with Crippen molar-refractivity contribution in [1.82, 2.24) is 4.57 Å². The molecule has 0 bridgehead atoms. The zero-order valence-corrected chi connectivity index (χ0v) is 21.6. The van der Waals surface area contributed by atoms with Crippen LogP contribution in [0.1, 0.15) is 0 Å². The first-order valence-electron chi connectivity index (χ1n) is 12.4. The van der Waals surface area contributed by atoms with Crippen LogP contribution in [0.15, 0.2) is 144 Å². The van der Waals surface area contributed by atoms with Crippen molar-refractivity contribution in [2.45, 2.75) is 0 Å². The van der Waals surface area contributed by atoms with Crippen LogP contribution in [0.5, 0.6) is 0 Å². The van der Waals surface area contributed by atoms with Crippen molar-refractivity contribution in [3.05, 3.63) is 144 Å². The third-order valence-corrected chi connectivity index (χ3v) is 7.48. The molecule has 0 radical (unpaired) electrons. The monoisotopic (exact) mass is 538 g/mol. The predicted molar refractivity (Wildman–Crippen MR) is 161 cm³/mol. The van der Waals surface area contributed by atoms with Crippen LogP contribution in [0.3, 0.4) is 0 Å². The number of anilines is 3. The SMILES string of the molecule is Brc1ccc2c3ccc(N(c4ccccc4)c4ccc5ccccc5c4)cc3n(-c3ccccc3)c2c1. The molecule has 0 fully saturated rings. The molecule has 7 rings (SSSR count). The van der Waals surface area contributed by atoms with E-state index in [0.717, 1.165) is 27.2 Å².